The minimum atomic E-state index is -1.17. The number of rotatable bonds is 1. The van der Waals surface area contributed by atoms with Crippen molar-refractivity contribution in [1.29, 1.82) is 0 Å². The fraction of sp³-hybridized carbons (Fsp3) is 0.0909. The summed E-state index contributed by atoms with van der Waals surface area (Å²) in [6.07, 6.45) is 3.22. The maximum Gasteiger partial charge on any atom is 0.195 e. The number of nitrogens with zero attached hydrogens (tertiary/aromatic N) is 2. The van der Waals surface area contributed by atoms with Gasteiger partial charge in [-0.3, -0.25) is 10.8 Å². The van der Waals surface area contributed by atoms with Crippen LogP contribution >= 0.6 is 0 Å². The lowest BCUT2D eigenvalue weighted by Crippen LogP contribution is -2.42. The minimum absolute atomic E-state index is 0.194. The number of halogens is 1. The second-order valence-electron chi connectivity index (χ2n) is 4.06. The highest BCUT2D eigenvalue weighted by Gasteiger charge is 2.30. The number of aromatic amines is 1. The lowest BCUT2D eigenvalue weighted by Gasteiger charge is -2.24. The Morgan fingerprint density at radius 2 is 2.17 bits per heavy atom. The van der Waals surface area contributed by atoms with Crippen LogP contribution in [0.1, 0.15) is 5.69 Å². The van der Waals surface area contributed by atoms with Gasteiger partial charge in [-0.25, -0.2) is 9.38 Å². The van der Waals surface area contributed by atoms with Crippen molar-refractivity contribution in [2.24, 2.45) is 16.5 Å². The molecule has 1 unspecified atom stereocenters. The Morgan fingerprint density at radius 3 is 2.94 bits per heavy atom. The SMILES string of the molecule is NC1=NC(N)(c2[nH]nc3ccc(F)cc23)C=CN1. The van der Waals surface area contributed by atoms with Gasteiger partial charge in [0, 0.05) is 11.6 Å². The summed E-state index contributed by atoms with van der Waals surface area (Å²) in [4.78, 5) is 4.12. The van der Waals surface area contributed by atoms with Gasteiger partial charge in [-0.15, -0.1) is 0 Å². The molecule has 92 valence electrons. The first-order chi connectivity index (χ1) is 8.58. The highest BCUT2D eigenvalue weighted by atomic mass is 19.1. The second kappa shape index (κ2) is 3.54. The van der Waals surface area contributed by atoms with Crippen molar-refractivity contribution in [3.8, 4) is 0 Å². The van der Waals surface area contributed by atoms with Crippen LogP contribution in [-0.2, 0) is 5.66 Å². The molecule has 1 aliphatic rings. The van der Waals surface area contributed by atoms with Gasteiger partial charge in [0.15, 0.2) is 11.6 Å². The molecule has 1 aromatic heterocycles. The number of hydrogen-bond acceptors (Lipinski definition) is 5. The Hall–Kier alpha value is -2.41. The molecule has 0 spiro atoms. The van der Waals surface area contributed by atoms with Gasteiger partial charge in [0.2, 0.25) is 0 Å². The molecule has 0 fully saturated rings. The fourth-order valence-electron chi connectivity index (χ4n) is 1.95. The molecule has 18 heavy (non-hydrogen) atoms. The molecule has 1 aliphatic heterocycles. The monoisotopic (exact) mass is 246 g/mol. The molecule has 0 saturated carbocycles. The topological polar surface area (TPSA) is 105 Å². The van der Waals surface area contributed by atoms with E-state index in [-0.39, 0.29) is 11.8 Å². The molecule has 3 rings (SSSR count). The number of hydrogen-bond donors (Lipinski definition) is 4. The van der Waals surface area contributed by atoms with Gasteiger partial charge in [-0.05, 0) is 24.3 Å². The number of nitrogens with one attached hydrogen (secondary N) is 2. The summed E-state index contributed by atoms with van der Waals surface area (Å²) < 4.78 is 13.3. The first-order valence-corrected chi connectivity index (χ1v) is 5.31. The van der Waals surface area contributed by atoms with E-state index in [1.165, 1.54) is 12.1 Å². The Labute approximate surface area is 102 Å². The van der Waals surface area contributed by atoms with Crippen molar-refractivity contribution in [1.82, 2.24) is 15.5 Å². The van der Waals surface area contributed by atoms with Gasteiger partial charge < -0.3 is 11.1 Å². The van der Waals surface area contributed by atoms with Gasteiger partial charge >= 0.3 is 0 Å². The van der Waals surface area contributed by atoms with Crippen LogP contribution in [0.3, 0.4) is 0 Å². The minimum Gasteiger partial charge on any atom is -0.370 e. The van der Waals surface area contributed by atoms with E-state index in [1.807, 2.05) is 0 Å². The molecular weight excluding hydrogens is 235 g/mol. The van der Waals surface area contributed by atoms with Crippen molar-refractivity contribution in [2.45, 2.75) is 5.66 Å². The molecule has 1 atom stereocenters. The number of fused-ring (bicyclic) bond motifs is 1. The maximum atomic E-state index is 13.3. The highest BCUT2D eigenvalue weighted by molar-refractivity contribution is 5.85. The van der Waals surface area contributed by atoms with E-state index in [1.54, 1.807) is 18.3 Å². The summed E-state index contributed by atoms with van der Waals surface area (Å²) in [6.45, 7) is 0. The molecule has 7 heteroatoms. The molecule has 0 aliphatic carbocycles. The third-order valence-corrected chi connectivity index (χ3v) is 2.79. The zero-order valence-corrected chi connectivity index (χ0v) is 9.31. The van der Waals surface area contributed by atoms with Crippen molar-refractivity contribution in [3.05, 3.63) is 42.0 Å². The average Bonchev–Trinajstić information content (AvgIpc) is 2.72. The predicted octanol–water partition coefficient (Wildman–Crippen LogP) is 0.245. The van der Waals surface area contributed by atoms with Crippen LogP contribution in [0.25, 0.3) is 10.9 Å². The van der Waals surface area contributed by atoms with E-state index in [2.05, 4.69) is 20.5 Å². The van der Waals surface area contributed by atoms with Crippen LogP contribution in [0.15, 0.2) is 35.5 Å². The Morgan fingerprint density at radius 1 is 1.33 bits per heavy atom. The van der Waals surface area contributed by atoms with Crippen LogP contribution in [0.5, 0.6) is 0 Å². The molecule has 2 aromatic rings. The summed E-state index contributed by atoms with van der Waals surface area (Å²) >= 11 is 0. The van der Waals surface area contributed by atoms with E-state index in [0.717, 1.165) is 0 Å². The van der Waals surface area contributed by atoms with Crippen LogP contribution in [-0.4, -0.2) is 16.2 Å². The number of H-pyrrole nitrogens is 1. The maximum absolute atomic E-state index is 13.3. The molecule has 0 amide bonds. The Bertz CT molecular complexity index is 673. The van der Waals surface area contributed by atoms with Crippen molar-refractivity contribution < 1.29 is 4.39 Å². The quantitative estimate of drug-likeness (QED) is 0.578. The summed E-state index contributed by atoms with van der Waals surface area (Å²) in [7, 11) is 0. The fourth-order valence-corrected chi connectivity index (χ4v) is 1.95. The van der Waals surface area contributed by atoms with Gasteiger partial charge in [0.25, 0.3) is 0 Å². The van der Waals surface area contributed by atoms with E-state index in [9.17, 15) is 4.39 Å². The summed E-state index contributed by atoms with van der Waals surface area (Å²) in [5.74, 6) is -0.164. The summed E-state index contributed by atoms with van der Waals surface area (Å²) in [5.41, 5.74) is 11.7. The van der Waals surface area contributed by atoms with Gasteiger partial charge in [0.1, 0.15) is 5.82 Å². The van der Waals surface area contributed by atoms with Crippen LogP contribution in [0.4, 0.5) is 4.39 Å². The number of benzene rings is 1. The first-order valence-electron chi connectivity index (χ1n) is 5.31. The van der Waals surface area contributed by atoms with E-state index < -0.39 is 5.66 Å². The first kappa shape index (κ1) is 10.7. The molecular formula is C11H11FN6. The Balaban J connectivity index is 2.23. The normalized spacial score (nSPS) is 22.9. The molecule has 0 radical (unpaired) electrons. The standard InChI is InChI=1S/C11H11FN6/c12-6-1-2-8-7(5-6)9(18-17-8)11(14)3-4-15-10(13)16-11/h1-5H,14H2,(H,17,18)(H3,13,15,16). The zero-order chi connectivity index (χ0) is 12.8. The lowest BCUT2D eigenvalue weighted by molar-refractivity contribution is 0.563. The third-order valence-electron chi connectivity index (χ3n) is 2.79. The molecule has 0 saturated heterocycles. The Kier molecular flexibility index (Phi) is 2.11. The predicted molar refractivity (Wildman–Crippen MR) is 65.8 cm³/mol. The molecule has 6 nitrogen and oxygen atoms in total. The molecule has 6 N–H and O–H groups in total. The molecule has 1 aromatic carbocycles. The summed E-state index contributed by atoms with van der Waals surface area (Å²) in [6, 6.07) is 4.28. The van der Waals surface area contributed by atoms with Gasteiger partial charge in [0.05, 0.1) is 11.2 Å². The number of aliphatic imine (C=N–C) groups is 1. The van der Waals surface area contributed by atoms with E-state index in [0.29, 0.717) is 16.6 Å². The largest absolute Gasteiger partial charge is 0.370 e. The number of nitrogens with two attached hydrogens (primary N) is 2. The smallest absolute Gasteiger partial charge is 0.195 e. The molecule has 2 heterocycles. The van der Waals surface area contributed by atoms with Crippen molar-refractivity contribution in [3.63, 3.8) is 0 Å². The highest BCUT2D eigenvalue weighted by Crippen LogP contribution is 2.28. The lowest BCUT2D eigenvalue weighted by atomic mass is 10.0. The van der Waals surface area contributed by atoms with Crippen LogP contribution in [0.2, 0.25) is 0 Å². The molecule has 0 bridgehead atoms. The summed E-state index contributed by atoms with van der Waals surface area (Å²) in [5, 5.41) is 10.2. The van der Waals surface area contributed by atoms with Gasteiger partial charge in [-0.2, -0.15) is 5.10 Å². The zero-order valence-electron chi connectivity index (χ0n) is 9.31. The van der Waals surface area contributed by atoms with Gasteiger partial charge in [-0.1, -0.05) is 0 Å². The van der Waals surface area contributed by atoms with Crippen molar-refractivity contribution in [2.75, 3.05) is 0 Å². The van der Waals surface area contributed by atoms with Crippen molar-refractivity contribution >= 4 is 16.9 Å². The van der Waals surface area contributed by atoms with E-state index in [4.69, 9.17) is 11.5 Å². The number of guanidine groups is 1. The van der Waals surface area contributed by atoms with Crippen LogP contribution < -0.4 is 16.8 Å². The van der Waals surface area contributed by atoms with Crippen LogP contribution in [0, 0.1) is 5.82 Å². The number of aromatic nitrogens is 2. The second-order valence-corrected chi connectivity index (χ2v) is 4.06. The third kappa shape index (κ3) is 1.52. The average molecular weight is 246 g/mol. The van der Waals surface area contributed by atoms with E-state index >= 15 is 0 Å².